The van der Waals surface area contributed by atoms with Crippen molar-refractivity contribution in [3.63, 3.8) is 0 Å². The SMILES string of the molecule is COc1ccc(CCCNC(=O)CC(CN)OC)cc1. The number of hydrogen-bond donors (Lipinski definition) is 2. The molecule has 0 aromatic heterocycles. The number of nitrogens with one attached hydrogen (secondary N) is 1. The molecule has 1 amide bonds. The summed E-state index contributed by atoms with van der Waals surface area (Å²) in [6, 6.07) is 7.96. The standard InChI is InChI=1S/C15H24N2O3/c1-19-13-7-5-12(6-8-13)4-3-9-17-15(18)10-14(11-16)20-2/h5-8,14H,3-4,9-11,16H2,1-2H3,(H,17,18). The van der Waals surface area contributed by atoms with Crippen LogP contribution in [0.3, 0.4) is 0 Å². The topological polar surface area (TPSA) is 73.6 Å². The van der Waals surface area contributed by atoms with Crippen molar-refractivity contribution in [1.82, 2.24) is 5.32 Å². The van der Waals surface area contributed by atoms with E-state index in [4.69, 9.17) is 15.2 Å². The third-order valence-electron chi connectivity index (χ3n) is 3.13. The molecule has 112 valence electrons. The van der Waals surface area contributed by atoms with E-state index in [0.29, 0.717) is 19.5 Å². The highest BCUT2D eigenvalue weighted by molar-refractivity contribution is 5.76. The van der Waals surface area contributed by atoms with Crippen LogP contribution in [-0.4, -0.2) is 39.3 Å². The van der Waals surface area contributed by atoms with Crippen LogP contribution in [0.25, 0.3) is 0 Å². The number of rotatable bonds is 9. The maximum absolute atomic E-state index is 11.6. The van der Waals surface area contributed by atoms with Gasteiger partial charge in [-0.1, -0.05) is 12.1 Å². The van der Waals surface area contributed by atoms with Crippen LogP contribution in [0.15, 0.2) is 24.3 Å². The first-order valence-corrected chi connectivity index (χ1v) is 6.82. The molecule has 0 heterocycles. The highest BCUT2D eigenvalue weighted by Gasteiger charge is 2.10. The highest BCUT2D eigenvalue weighted by Crippen LogP contribution is 2.12. The van der Waals surface area contributed by atoms with Crippen molar-refractivity contribution in [2.24, 2.45) is 5.73 Å². The van der Waals surface area contributed by atoms with Crippen molar-refractivity contribution in [3.8, 4) is 5.75 Å². The second-order valence-corrected chi connectivity index (χ2v) is 4.60. The molecule has 0 bridgehead atoms. The molecule has 0 spiro atoms. The Hall–Kier alpha value is -1.59. The van der Waals surface area contributed by atoms with E-state index < -0.39 is 0 Å². The molecule has 1 atom stereocenters. The number of nitrogens with two attached hydrogens (primary N) is 1. The average molecular weight is 280 g/mol. The van der Waals surface area contributed by atoms with E-state index in [-0.39, 0.29) is 12.0 Å². The van der Waals surface area contributed by atoms with Crippen molar-refractivity contribution >= 4 is 5.91 Å². The molecular formula is C15H24N2O3. The Balaban J connectivity index is 2.19. The maximum atomic E-state index is 11.6. The predicted octanol–water partition coefficient (Wildman–Crippen LogP) is 1.11. The lowest BCUT2D eigenvalue weighted by molar-refractivity contribution is -0.123. The first-order valence-electron chi connectivity index (χ1n) is 6.82. The molecule has 0 aliphatic carbocycles. The van der Waals surface area contributed by atoms with Gasteiger partial charge in [-0.25, -0.2) is 0 Å². The molecule has 3 N–H and O–H groups in total. The van der Waals surface area contributed by atoms with Crippen LogP contribution in [0, 0.1) is 0 Å². The molecule has 5 heteroatoms. The fourth-order valence-electron chi connectivity index (χ4n) is 1.85. The quantitative estimate of drug-likeness (QED) is 0.665. The molecular weight excluding hydrogens is 256 g/mol. The zero-order valence-corrected chi connectivity index (χ0v) is 12.2. The molecule has 1 rings (SSSR count). The van der Waals surface area contributed by atoms with E-state index in [0.717, 1.165) is 18.6 Å². The fraction of sp³-hybridized carbons (Fsp3) is 0.533. The maximum Gasteiger partial charge on any atom is 0.222 e. The van der Waals surface area contributed by atoms with Gasteiger partial charge in [0.05, 0.1) is 19.6 Å². The van der Waals surface area contributed by atoms with Gasteiger partial charge >= 0.3 is 0 Å². The molecule has 1 aromatic carbocycles. The van der Waals surface area contributed by atoms with Gasteiger partial charge < -0.3 is 20.5 Å². The van der Waals surface area contributed by atoms with Crippen molar-refractivity contribution in [3.05, 3.63) is 29.8 Å². The van der Waals surface area contributed by atoms with Crippen LogP contribution >= 0.6 is 0 Å². The minimum absolute atomic E-state index is 0.0166. The average Bonchev–Trinajstić information content (AvgIpc) is 2.49. The van der Waals surface area contributed by atoms with Gasteiger partial charge in [-0.15, -0.1) is 0 Å². The highest BCUT2D eigenvalue weighted by atomic mass is 16.5. The molecule has 20 heavy (non-hydrogen) atoms. The van der Waals surface area contributed by atoms with Gasteiger partial charge in [-0.2, -0.15) is 0 Å². The van der Waals surface area contributed by atoms with E-state index in [1.54, 1.807) is 14.2 Å². The zero-order valence-electron chi connectivity index (χ0n) is 12.2. The summed E-state index contributed by atoms with van der Waals surface area (Å²) >= 11 is 0. The predicted molar refractivity (Wildman–Crippen MR) is 78.8 cm³/mol. The Morgan fingerprint density at radius 2 is 2.00 bits per heavy atom. The van der Waals surface area contributed by atoms with Gasteiger partial charge in [0.1, 0.15) is 5.75 Å². The van der Waals surface area contributed by atoms with Gasteiger partial charge in [0.25, 0.3) is 0 Å². The van der Waals surface area contributed by atoms with Crippen molar-refractivity contribution in [2.45, 2.75) is 25.4 Å². The molecule has 0 radical (unpaired) electrons. The number of carbonyl (C=O) groups is 1. The van der Waals surface area contributed by atoms with Crippen LogP contribution in [0.1, 0.15) is 18.4 Å². The number of ether oxygens (including phenoxy) is 2. The van der Waals surface area contributed by atoms with Crippen LogP contribution < -0.4 is 15.8 Å². The van der Waals surface area contributed by atoms with E-state index in [1.807, 2.05) is 24.3 Å². The van der Waals surface area contributed by atoms with E-state index in [1.165, 1.54) is 5.56 Å². The van der Waals surface area contributed by atoms with Gasteiger partial charge in [-0.05, 0) is 30.5 Å². The number of aryl methyl sites for hydroxylation is 1. The fourth-order valence-corrected chi connectivity index (χ4v) is 1.85. The Kier molecular flexibility index (Phi) is 7.69. The van der Waals surface area contributed by atoms with Gasteiger partial charge in [-0.3, -0.25) is 4.79 Å². The molecule has 0 fully saturated rings. The molecule has 0 saturated heterocycles. The lowest BCUT2D eigenvalue weighted by atomic mass is 10.1. The second kappa shape index (κ2) is 9.34. The first kappa shape index (κ1) is 16.5. The Labute approximate surface area is 120 Å². The molecule has 0 saturated carbocycles. The van der Waals surface area contributed by atoms with Gasteiger partial charge in [0.15, 0.2) is 0 Å². The largest absolute Gasteiger partial charge is 0.497 e. The van der Waals surface area contributed by atoms with Crippen LogP contribution in [0.4, 0.5) is 0 Å². The van der Waals surface area contributed by atoms with E-state index >= 15 is 0 Å². The monoisotopic (exact) mass is 280 g/mol. The smallest absolute Gasteiger partial charge is 0.222 e. The number of benzene rings is 1. The summed E-state index contributed by atoms with van der Waals surface area (Å²) in [4.78, 5) is 11.6. The first-order chi connectivity index (χ1) is 9.69. The lowest BCUT2D eigenvalue weighted by Gasteiger charge is -2.12. The van der Waals surface area contributed by atoms with Crippen molar-refractivity contribution in [2.75, 3.05) is 27.3 Å². The normalized spacial score (nSPS) is 11.9. The molecule has 1 unspecified atom stereocenters. The Morgan fingerprint density at radius 3 is 2.55 bits per heavy atom. The number of hydrogen-bond acceptors (Lipinski definition) is 4. The minimum Gasteiger partial charge on any atom is -0.497 e. The van der Waals surface area contributed by atoms with Crippen LogP contribution in [-0.2, 0) is 16.0 Å². The number of amides is 1. The van der Waals surface area contributed by atoms with Crippen molar-refractivity contribution < 1.29 is 14.3 Å². The van der Waals surface area contributed by atoms with Gasteiger partial charge in [0.2, 0.25) is 5.91 Å². The minimum atomic E-state index is -0.198. The Morgan fingerprint density at radius 1 is 1.30 bits per heavy atom. The van der Waals surface area contributed by atoms with E-state index in [2.05, 4.69) is 5.32 Å². The van der Waals surface area contributed by atoms with Crippen LogP contribution in [0.5, 0.6) is 5.75 Å². The summed E-state index contributed by atoms with van der Waals surface area (Å²) in [5.74, 6) is 0.839. The molecule has 5 nitrogen and oxygen atoms in total. The van der Waals surface area contributed by atoms with E-state index in [9.17, 15) is 4.79 Å². The molecule has 0 aliphatic heterocycles. The summed E-state index contributed by atoms with van der Waals surface area (Å²) in [6.45, 7) is 1.02. The summed E-state index contributed by atoms with van der Waals surface area (Å²) in [5.41, 5.74) is 6.70. The molecule has 0 aliphatic rings. The summed E-state index contributed by atoms with van der Waals surface area (Å²) in [7, 11) is 3.22. The Bertz CT molecular complexity index is 389. The molecule has 1 aromatic rings. The third kappa shape index (κ3) is 6.04. The lowest BCUT2D eigenvalue weighted by Crippen LogP contribution is -2.32. The summed E-state index contributed by atoms with van der Waals surface area (Å²) in [5, 5.41) is 2.88. The van der Waals surface area contributed by atoms with Crippen molar-refractivity contribution in [1.29, 1.82) is 0 Å². The third-order valence-corrected chi connectivity index (χ3v) is 3.13. The van der Waals surface area contributed by atoms with Gasteiger partial charge in [0, 0.05) is 20.2 Å². The summed E-state index contributed by atoms with van der Waals surface area (Å²) < 4.78 is 10.2. The second-order valence-electron chi connectivity index (χ2n) is 4.60. The number of carbonyl (C=O) groups excluding carboxylic acids is 1. The van der Waals surface area contributed by atoms with Crippen LogP contribution in [0.2, 0.25) is 0 Å². The summed E-state index contributed by atoms with van der Waals surface area (Å²) in [6.07, 6.45) is 1.94. The zero-order chi connectivity index (χ0) is 14.8. The number of methoxy groups -OCH3 is 2.